The SMILES string of the molecule is C[C@H]1CN(C(=O)C2CCCNC2)CCN1. The van der Waals surface area contributed by atoms with Gasteiger partial charge in [0.25, 0.3) is 0 Å². The minimum atomic E-state index is 0.226. The van der Waals surface area contributed by atoms with E-state index in [1.165, 1.54) is 0 Å². The van der Waals surface area contributed by atoms with E-state index in [0.29, 0.717) is 11.9 Å². The van der Waals surface area contributed by atoms with Gasteiger partial charge in [-0.3, -0.25) is 4.79 Å². The highest BCUT2D eigenvalue weighted by Gasteiger charge is 2.28. The third-order valence-corrected chi connectivity index (χ3v) is 3.33. The van der Waals surface area contributed by atoms with E-state index in [0.717, 1.165) is 45.6 Å². The molecule has 2 N–H and O–H groups in total. The molecule has 0 aromatic rings. The van der Waals surface area contributed by atoms with Crippen LogP contribution in [0.4, 0.5) is 0 Å². The van der Waals surface area contributed by atoms with Gasteiger partial charge in [0.2, 0.25) is 5.91 Å². The molecule has 2 heterocycles. The zero-order valence-electron chi connectivity index (χ0n) is 9.46. The van der Waals surface area contributed by atoms with Crippen molar-refractivity contribution in [3.05, 3.63) is 0 Å². The summed E-state index contributed by atoms with van der Waals surface area (Å²) >= 11 is 0. The first kappa shape index (κ1) is 10.9. The molecule has 2 saturated heterocycles. The monoisotopic (exact) mass is 211 g/mol. The summed E-state index contributed by atoms with van der Waals surface area (Å²) in [4.78, 5) is 14.2. The average Bonchev–Trinajstić information content (AvgIpc) is 2.29. The van der Waals surface area contributed by atoms with Crippen molar-refractivity contribution < 1.29 is 4.79 Å². The number of nitrogens with one attached hydrogen (secondary N) is 2. The average molecular weight is 211 g/mol. The highest BCUT2D eigenvalue weighted by atomic mass is 16.2. The van der Waals surface area contributed by atoms with Crippen molar-refractivity contribution in [2.75, 3.05) is 32.7 Å². The number of rotatable bonds is 1. The summed E-state index contributed by atoms with van der Waals surface area (Å²) in [5.74, 6) is 0.583. The minimum absolute atomic E-state index is 0.226. The number of amides is 1. The van der Waals surface area contributed by atoms with Gasteiger partial charge >= 0.3 is 0 Å². The van der Waals surface area contributed by atoms with Crippen molar-refractivity contribution >= 4 is 5.91 Å². The Bertz CT molecular complexity index is 226. The quantitative estimate of drug-likeness (QED) is 0.632. The Morgan fingerprint density at radius 3 is 2.93 bits per heavy atom. The maximum Gasteiger partial charge on any atom is 0.227 e. The predicted molar refractivity (Wildman–Crippen MR) is 59.6 cm³/mol. The number of piperazine rings is 1. The molecule has 4 nitrogen and oxygen atoms in total. The summed E-state index contributed by atoms with van der Waals surface area (Å²) in [6.07, 6.45) is 2.20. The second-order valence-corrected chi connectivity index (χ2v) is 4.68. The molecule has 0 spiro atoms. The van der Waals surface area contributed by atoms with Gasteiger partial charge in [0.1, 0.15) is 0 Å². The highest BCUT2D eigenvalue weighted by Crippen LogP contribution is 2.14. The number of nitrogens with zero attached hydrogens (tertiary/aromatic N) is 1. The summed E-state index contributed by atoms with van der Waals surface area (Å²) in [7, 11) is 0. The molecular weight excluding hydrogens is 190 g/mol. The molecular formula is C11H21N3O. The molecule has 0 aromatic heterocycles. The fourth-order valence-corrected chi connectivity index (χ4v) is 2.45. The van der Waals surface area contributed by atoms with E-state index in [2.05, 4.69) is 17.6 Å². The Labute approximate surface area is 91.4 Å². The van der Waals surface area contributed by atoms with Crippen LogP contribution in [0.1, 0.15) is 19.8 Å². The van der Waals surface area contributed by atoms with E-state index >= 15 is 0 Å². The van der Waals surface area contributed by atoms with Crippen LogP contribution >= 0.6 is 0 Å². The number of piperidine rings is 1. The standard InChI is InChI=1S/C11H21N3O/c1-9-8-14(6-5-13-9)11(15)10-3-2-4-12-7-10/h9-10,12-13H,2-8H2,1H3/t9-,10?/m0/s1. The van der Waals surface area contributed by atoms with Crippen molar-refractivity contribution in [1.29, 1.82) is 0 Å². The van der Waals surface area contributed by atoms with Gasteiger partial charge in [-0.25, -0.2) is 0 Å². The zero-order chi connectivity index (χ0) is 10.7. The van der Waals surface area contributed by atoms with Gasteiger partial charge < -0.3 is 15.5 Å². The van der Waals surface area contributed by atoms with Crippen LogP contribution in [0, 0.1) is 5.92 Å². The summed E-state index contributed by atoms with van der Waals surface area (Å²) in [5, 5.41) is 6.66. The van der Waals surface area contributed by atoms with Gasteiger partial charge in [0.15, 0.2) is 0 Å². The van der Waals surface area contributed by atoms with Gasteiger partial charge in [0.05, 0.1) is 5.92 Å². The lowest BCUT2D eigenvalue weighted by Gasteiger charge is -2.35. The predicted octanol–water partition coefficient (Wildman–Crippen LogP) is -0.194. The zero-order valence-corrected chi connectivity index (χ0v) is 9.46. The topological polar surface area (TPSA) is 44.4 Å². The fraction of sp³-hybridized carbons (Fsp3) is 0.909. The van der Waals surface area contributed by atoms with Crippen LogP contribution in [-0.2, 0) is 4.79 Å². The molecule has 0 saturated carbocycles. The summed E-state index contributed by atoms with van der Waals surface area (Å²) in [6, 6.07) is 0.444. The first-order chi connectivity index (χ1) is 7.27. The van der Waals surface area contributed by atoms with E-state index < -0.39 is 0 Å². The second-order valence-electron chi connectivity index (χ2n) is 4.68. The molecule has 1 unspecified atom stereocenters. The molecule has 2 aliphatic heterocycles. The molecule has 0 aliphatic carbocycles. The second kappa shape index (κ2) is 4.94. The van der Waals surface area contributed by atoms with Crippen LogP contribution in [-0.4, -0.2) is 49.6 Å². The normalized spacial score (nSPS) is 32.7. The van der Waals surface area contributed by atoms with Gasteiger partial charge in [-0.2, -0.15) is 0 Å². The van der Waals surface area contributed by atoms with Crippen LogP contribution in [0.5, 0.6) is 0 Å². The number of hydrogen-bond acceptors (Lipinski definition) is 3. The summed E-state index contributed by atoms with van der Waals surface area (Å²) in [5.41, 5.74) is 0. The molecule has 15 heavy (non-hydrogen) atoms. The van der Waals surface area contributed by atoms with Crippen LogP contribution in [0.3, 0.4) is 0 Å². The Balaban J connectivity index is 1.88. The number of carbonyl (C=O) groups excluding carboxylic acids is 1. The van der Waals surface area contributed by atoms with Gasteiger partial charge in [-0.1, -0.05) is 0 Å². The molecule has 2 rings (SSSR count). The molecule has 2 aliphatic rings. The Morgan fingerprint density at radius 1 is 1.40 bits per heavy atom. The fourth-order valence-electron chi connectivity index (χ4n) is 2.45. The molecule has 0 aromatic carbocycles. The third kappa shape index (κ3) is 2.69. The third-order valence-electron chi connectivity index (χ3n) is 3.33. The molecule has 2 fully saturated rings. The van der Waals surface area contributed by atoms with Gasteiger partial charge in [0, 0.05) is 32.2 Å². The van der Waals surface area contributed by atoms with E-state index in [9.17, 15) is 4.79 Å². The van der Waals surface area contributed by atoms with Crippen molar-refractivity contribution in [2.24, 2.45) is 5.92 Å². The molecule has 0 radical (unpaired) electrons. The largest absolute Gasteiger partial charge is 0.340 e. The number of carbonyl (C=O) groups is 1. The first-order valence-electron chi connectivity index (χ1n) is 6.00. The van der Waals surface area contributed by atoms with Crippen molar-refractivity contribution in [3.8, 4) is 0 Å². The molecule has 86 valence electrons. The molecule has 4 heteroatoms. The first-order valence-corrected chi connectivity index (χ1v) is 6.00. The van der Waals surface area contributed by atoms with Crippen LogP contribution < -0.4 is 10.6 Å². The molecule has 2 atom stereocenters. The smallest absolute Gasteiger partial charge is 0.227 e. The molecule has 0 bridgehead atoms. The van der Waals surface area contributed by atoms with Crippen molar-refractivity contribution in [1.82, 2.24) is 15.5 Å². The highest BCUT2D eigenvalue weighted by molar-refractivity contribution is 5.79. The van der Waals surface area contributed by atoms with Crippen LogP contribution in [0.25, 0.3) is 0 Å². The summed E-state index contributed by atoms with van der Waals surface area (Å²) < 4.78 is 0. The lowest BCUT2D eigenvalue weighted by atomic mass is 9.97. The molecule has 1 amide bonds. The van der Waals surface area contributed by atoms with Crippen LogP contribution in [0.2, 0.25) is 0 Å². The lowest BCUT2D eigenvalue weighted by molar-refractivity contribution is -0.137. The van der Waals surface area contributed by atoms with Crippen molar-refractivity contribution in [2.45, 2.75) is 25.8 Å². The number of hydrogen-bond donors (Lipinski definition) is 2. The summed E-state index contributed by atoms with van der Waals surface area (Å²) in [6.45, 7) is 6.76. The van der Waals surface area contributed by atoms with E-state index in [1.807, 2.05) is 4.90 Å². The Hall–Kier alpha value is -0.610. The Kier molecular flexibility index (Phi) is 3.59. The maximum absolute atomic E-state index is 12.2. The van der Waals surface area contributed by atoms with E-state index in [1.54, 1.807) is 0 Å². The Morgan fingerprint density at radius 2 is 2.27 bits per heavy atom. The van der Waals surface area contributed by atoms with Crippen molar-refractivity contribution in [3.63, 3.8) is 0 Å². The van der Waals surface area contributed by atoms with Gasteiger partial charge in [-0.15, -0.1) is 0 Å². The van der Waals surface area contributed by atoms with Crippen LogP contribution in [0.15, 0.2) is 0 Å². The van der Waals surface area contributed by atoms with E-state index in [4.69, 9.17) is 0 Å². The minimum Gasteiger partial charge on any atom is -0.340 e. The van der Waals surface area contributed by atoms with E-state index in [-0.39, 0.29) is 5.92 Å². The lowest BCUT2D eigenvalue weighted by Crippen LogP contribution is -2.54. The maximum atomic E-state index is 12.2. The van der Waals surface area contributed by atoms with Gasteiger partial charge in [-0.05, 0) is 26.3 Å².